The minimum atomic E-state index is 0.801. The fraction of sp³-hybridized carbons (Fsp3) is 0.455. The van der Waals surface area contributed by atoms with E-state index < -0.39 is 0 Å². The van der Waals surface area contributed by atoms with E-state index in [0.717, 1.165) is 31.3 Å². The number of hydrogen-bond donors (Lipinski definition) is 1. The molecule has 0 aliphatic carbocycles. The maximum Gasteiger partial charge on any atom is 0.122 e. The molecule has 0 aliphatic rings. The molecular formula is C11H17N5. The van der Waals surface area contributed by atoms with Crippen LogP contribution in [0.4, 0.5) is 0 Å². The summed E-state index contributed by atoms with van der Waals surface area (Å²) in [5.74, 6) is 2.12. The van der Waals surface area contributed by atoms with Gasteiger partial charge in [0.25, 0.3) is 0 Å². The molecule has 0 spiro atoms. The van der Waals surface area contributed by atoms with Crippen LogP contribution in [-0.2, 0) is 19.6 Å². The number of imidazole rings is 2. The van der Waals surface area contributed by atoms with Gasteiger partial charge in [-0.2, -0.15) is 0 Å². The topological polar surface area (TPSA) is 47.7 Å². The Labute approximate surface area is 95.1 Å². The first-order valence-electron chi connectivity index (χ1n) is 5.43. The summed E-state index contributed by atoms with van der Waals surface area (Å²) in [5.41, 5.74) is 0. The van der Waals surface area contributed by atoms with E-state index in [1.807, 2.05) is 38.8 Å². The van der Waals surface area contributed by atoms with Crippen LogP contribution in [-0.4, -0.2) is 26.1 Å². The van der Waals surface area contributed by atoms with Crippen LogP contribution in [0.2, 0.25) is 0 Å². The van der Waals surface area contributed by atoms with Crippen LogP contribution < -0.4 is 5.32 Å². The summed E-state index contributed by atoms with van der Waals surface area (Å²) >= 11 is 0. The van der Waals surface area contributed by atoms with Gasteiger partial charge in [0.15, 0.2) is 0 Å². The van der Waals surface area contributed by atoms with Gasteiger partial charge in [-0.1, -0.05) is 0 Å². The van der Waals surface area contributed by atoms with Crippen LogP contribution >= 0.6 is 0 Å². The van der Waals surface area contributed by atoms with Crippen molar-refractivity contribution < 1.29 is 0 Å². The average Bonchev–Trinajstić information content (AvgIpc) is 2.86. The van der Waals surface area contributed by atoms with Gasteiger partial charge in [0.05, 0.1) is 6.54 Å². The molecular weight excluding hydrogens is 202 g/mol. The van der Waals surface area contributed by atoms with E-state index in [0.29, 0.717) is 0 Å². The van der Waals surface area contributed by atoms with E-state index in [1.54, 1.807) is 0 Å². The summed E-state index contributed by atoms with van der Waals surface area (Å²) in [5, 5.41) is 3.11. The highest BCUT2D eigenvalue weighted by Crippen LogP contribution is 2.01. The highest BCUT2D eigenvalue weighted by atomic mass is 15.1. The first kappa shape index (κ1) is 10.9. The molecule has 0 fully saturated rings. The lowest BCUT2D eigenvalue weighted by molar-refractivity contribution is 0.542. The molecule has 0 atom stereocenters. The molecule has 0 saturated heterocycles. The van der Waals surface area contributed by atoms with Crippen molar-refractivity contribution in [3.63, 3.8) is 0 Å². The van der Waals surface area contributed by atoms with Gasteiger partial charge in [-0.15, -0.1) is 0 Å². The van der Waals surface area contributed by atoms with Gasteiger partial charge in [0.2, 0.25) is 0 Å². The largest absolute Gasteiger partial charge is 0.333 e. The fourth-order valence-corrected chi connectivity index (χ4v) is 1.72. The van der Waals surface area contributed by atoms with Crippen LogP contribution in [0.25, 0.3) is 0 Å². The maximum atomic E-state index is 4.30. The summed E-state index contributed by atoms with van der Waals surface area (Å²) in [4.78, 5) is 8.50. The molecule has 5 heteroatoms. The molecule has 0 aliphatic heterocycles. The Morgan fingerprint density at radius 1 is 1.12 bits per heavy atom. The molecule has 2 rings (SSSR count). The molecule has 86 valence electrons. The minimum absolute atomic E-state index is 0.801. The standard InChI is InChI=1S/C11H17N5/c1-10-13-3-5-15(10)7-8-16-6-4-14-11(16)9-12-2/h3-6,12H,7-9H2,1-2H3. The van der Waals surface area contributed by atoms with Crippen molar-refractivity contribution in [1.82, 2.24) is 24.4 Å². The number of aryl methyl sites for hydroxylation is 3. The van der Waals surface area contributed by atoms with Crippen LogP contribution in [0.15, 0.2) is 24.8 Å². The lowest BCUT2D eigenvalue weighted by atomic mass is 10.5. The second kappa shape index (κ2) is 4.94. The molecule has 1 N–H and O–H groups in total. The molecule has 0 aromatic carbocycles. The summed E-state index contributed by atoms with van der Waals surface area (Å²) in [6.45, 7) is 4.67. The van der Waals surface area contributed by atoms with E-state index in [4.69, 9.17) is 0 Å². The third-order valence-corrected chi connectivity index (χ3v) is 2.64. The summed E-state index contributed by atoms with van der Waals surface area (Å²) in [7, 11) is 1.93. The van der Waals surface area contributed by atoms with Crippen molar-refractivity contribution in [2.24, 2.45) is 0 Å². The molecule has 0 unspecified atom stereocenters. The molecule has 16 heavy (non-hydrogen) atoms. The van der Waals surface area contributed by atoms with Crippen molar-refractivity contribution in [3.05, 3.63) is 36.4 Å². The van der Waals surface area contributed by atoms with Crippen molar-refractivity contribution in [1.29, 1.82) is 0 Å². The highest BCUT2D eigenvalue weighted by Gasteiger charge is 2.02. The van der Waals surface area contributed by atoms with Crippen LogP contribution in [0.5, 0.6) is 0 Å². The molecule has 0 amide bonds. The first-order chi connectivity index (χ1) is 7.81. The lowest BCUT2D eigenvalue weighted by Crippen LogP contribution is -2.14. The third-order valence-electron chi connectivity index (χ3n) is 2.64. The Kier molecular flexibility index (Phi) is 3.36. The Morgan fingerprint density at radius 3 is 2.50 bits per heavy atom. The smallest absolute Gasteiger partial charge is 0.122 e. The predicted molar refractivity (Wildman–Crippen MR) is 62.0 cm³/mol. The number of aromatic nitrogens is 4. The Hall–Kier alpha value is -1.62. The Balaban J connectivity index is 1.99. The Bertz CT molecular complexity index is 443. The van der Waals surface area contributed by atoms with Crippen molar-refractivity contribution in [3.8, 4) is 0 Å². The lowest BCUT2D eigenvalue weighted by Gasteiger charge is -2.09. The van der Waals surface area contributed by atoms with Gasteiger partial charge in [-0.05, 0) is 14.0 Å². The molecule has 5 nitrogen and oxygen atoms in total. The predicted octanol–water partition coefficient (Wildman–Crippen LogP) is 0.808. The SMILES string of the molecule is CNCc1nccn1CCn1ccnc1C. The highest BCUT2D eigenvalue weighted by molar-refractivity contribution is 4.93. The number of rotatable bonds is 5. The van der Waals surface area contributed by atoms with E-state index >= 15 is 0 Å². The van der Waals surface area contributed by atoms with Crippen molar-refractivity contribution >= 4 is 0 Å². The second-order valence-electron chi connectivity index (χ2n) is 3.74. The van der Waals surface area contributed by atoms with Gasteiger partial charge in [-0.25, -0.2) is 9.97 Å². The zero-order valence-corrected chi connectivity index (χ0v) is 9.72. The van der Waals surface area contributed by atoms with Crippen molar-refractivity contribution in [2.45, 2.75) is 26.6 Å². The molecule has 2 aromatic heterocycles. The van der Waals surface area contributed by atoms with E-state index in [9.17, 15) is 0 Å². The van der Waals surface area contributed by atoms with Crippen LogP contribution in [0.1, 0.15) is 11.6 Å². The third kappa shape index (κ3) is 2.30. The summed E-state index contributed by atoms with van der Waals surface area (Å²) in [6, 6.07) is 0. The molecule has 0 bridgehead atoms. The van der Waals surface area contributed by atoms with Gasteiger partial charge in [0.1, 0.15) is 11.6 Å². The van der Waals surface area contributed by atoms with Crippen molar-refractivity contribution in [2.75, 3.05) is 7.05 Å². The van der Waals surface area contributed by atoms with Crippen LogP contribution in [0, 0.1) is 6.92 Å². The van der Waals surface area contributed by atoms with Gasteiger partial charge < -0.3 is 14.5 Å². The van der Waals surface area contributed by atoms with E-state index in [-0.39, 0.29) is 0 Å². The van der Waals surface area contributed by atoms with E-state index in [2.05, 4.69) is 24.4 Å². The number of nitrogens with one attached hydrogen (secondary N) is 1. The fourth-order valence-electron chi connectivity index (χ4n) is 1.72. The zero-order chi connectivity index (χ0) is 11.4. The van der Waals surface area contributed by atoms with Crippen LogP contribution in [0.3, 0.4) is 0 Å². The maximum absolute atomic E-state index is 4.30. The molecule has 2 aromatic rings. The number of hydrogen-bond acceptors (Lipinski definition) is 3. The minimum Gasteiger partial charge on any atom is -0.333 e. The van der Waals surface area contributed by atoms with Gasteiger partial charge >= 0.3 is 0 Å². The molecule has 0 saturated carbocycles. The normalized spacial score (nSPS) is 10.9. The Morgan fingerprint density at radius 2 is 1.81 bits per heavy atom. The first-order valence-corrected chi connectivity index (χ1v) is 5.43. The summed E-state index contributed by atoms with van der Waals surface area (Å²) < 4.78 is 4.30. The molecule has 2 heterocycles. The average molecular weight is 219 g/mol. The monoisotopic (exact) mass is 219 g/mol. The van der Waals surface area contributed by atoms with Gasteiger partial charge in [0, 0.05) is 37.9 Å². The summed E-state index contributed by atoms with van der Waals surface area (Å²) in [6.07, 6.45) is 7.69. The van der Waals surface area contributed by atoms with E-state index in [1.165, 1.54) is 0 Å². The zero-order valence-electron chi connectivity index (χ0n) is 9.72. The number of nitrogens with zero attached hydrogens (tertiary/aromatic N) is 4. The molecule has 0 radical (unpaired) electrons. The quantitative estimate of drug-likeness (QED) is 0.809. The second-order valence-corrected chi connectivity index (χ2v) is 3.74. The van der Waals surface area contributed by atoms with Gasteiger partial charge in [-0.3, -0.25) is 0 Å².